The van der Waals surface area contributed by atoms with Gasteiger partial charge < -0.3 is 10.6 Å². The summed E-state index contributed by atoms with van der Waals surface area (Å²) in [4.78, 5) is 2.42. The molecule has 1 saturated heterocycles. The Morgan fingerprint density at radius 2 is 1.88 bits per heavy atom. The zero-order valence-electron chi connectivity index (χ0n) is 9.91. The molecular formula is C13H19ClN2. The van der Waals surface area contributed by atoms with Crippen LogP contribution in [0.15, 0.2) is 18.2 Å². The Kier molecular flexibility index (Phi) is 3.29. The van der Waals surface area contributed by atoms with E-state index in [1.54, 1.807) is 0 Å². The summed E-state index contributed by atoms with van der Waals surface area (Å²) in [5.41, 5.74) is 7.57. The molecule has 2 nitrogen and oxygen atoms in total. The number of nitrogen functional groups attached to an aromatic ring is 1. The van der Waals surface area contributed by atoms with Gasteiger partial charge in [0, 0.05) is 17.8 Å². The van der Waals surface area contributed by atoms with E-state index in [-0.39, 0.29) is 0 Å². The monoisotopic (exact) mass is 238 g/mol. The van der Waals surface area contributed by atoms with Crippen LogP contribution in [-0.2, 0) is 0 Å². The summed E-state index contributed by atoms with van der Waals surface area (Å²) in [5, 5.41) is 0.764. The molecule has 0 spiro atoms. The van der Waals surface area contributed by atoms with Gasteiger partial charge in [0.25, 0.3) is 0 Å². The van der Waals surface area contributed by atoms with Crippen molar-refractivity contribution < 1.29 is 0 Å². The molecule has 0 unspecified atom stereocenters. The zero-order valence-corrected chi connectivity index (χ0v) is 10.7. The van der Waals surface area contributed by atoms with Gasteiger partial charge in [-0.3, -0.25) is 0 Å². The lowest BCUT2D eigenvalue weighted by Gasteiger charge is -2.41. The summed E-state index contributed by atoms with van der Waals surface area (Å²) >= 11 is 6.27. The molecule has 1 aliphatic heterocycles. The molecule has 2 atom stereocenters. The lowest BCUT2D eigenvalue weighted by molar-refractivity contribution is 0.414. The van der Waals surface area contributed by atoms with Crippen LogP contribution in [0.25, 0.3) is 0 Å². The number of halogens is 1. The van der Waals surface area contributed by atoms with Crippen molar-refractivity contribution in [1.29, 1.82) is 0 Å². The summed E-state index contributed by atoms with van der Waals surface area (Å²) in [6.45, 7) is 4.53. The molecule has 0 radical (unpaired) electrons. The van der Waals surface area contributed by atoms with E-state index < -0.39 is 0 Å². The molecule has 1 heterocycles. The van der Waals surface area contributed by atoms with Gasteiger partial charge in [0.1, 0.15) is 0 Å². The van der Waals surface area contributed by atoms with E-state index in [1.807, 2.05) is 18.2 Å². The number of nitrogens with two attached hydrogens (primary N) is 1. The fourth-order valence-electron chi connectivity index (χ4n) is 2.63. The van der Waals surface area contributed by atoms with E-state index in [1.165, 1.54) is 19.3 Å². The van der Waals surface area contributed by atoms with Crippen LogP contribution < -0.4 is 10.6 Å². The average Bonchev–Trinajstić information content (AvgIpc) is 2.20. The minimum Gasteiger partial charge on any atom is -0.399 e. The maximum atomic E-state index is 6.27. The molecule has 0 amide bonds. The highest BCUT2D eigenvalue weighted by atomic mass is 35.5. The van der Waals surface area contributed by atoms with Crippen molar-refractivity contribution in [2.75, 3.05) is 10.6 Å². The van der Waals surface area contributed by atoms with Crippen molar-refractivity contribution in [2.45, 2.75) is 45.2 Å². The number of hydrogen-bond acceptors (Lipinski definition) is 2. The van der Waals surface area contributed by atoms with Gasteiger partial charge in [-0.1, -0.05) is 11.6 Å². The number of hydrogen-bond donors (Lipinski definition) is 1. The van der Waals surface area contributed by atoms with Crippen LogP contribution in [0.4, 0.5) is 11.4 Å². The molecule has 88 valence electrons. The topological polar surface area (TPSA) is 29.3 Å². The summed E-state index contributed by atoms with van der Waals surface area (Å²) < 4.78 is 0. The average molecular weight is 239 g/mol. The number of nitrogens with zero attached hydrogens (tertiary/aromatic N) is 1. The zero-order chi connectivity index (χ0) is 11.7. The van der Waals surface area contributed by atoms with Crippen LogP contribution in [0.2, 0.25) is 5.02 Å². The molecule has 3 heteroatoms. The predicted octanol–water partition coefficient (Wildman–Crippen LogP) is 3.69. The Balaban J connectivity index is 2.34. The van der Waals surface area contributed by atoms with E-state index >= 15 is 0 Å². The summed E-state index contributed by atoms with van der Waals surface area (Å²) in [6.07, 6.45) is 3.79. The third-order valence-corrected chi connectivity index (χ3v) is 3.75. The first-order valence-corrected chi connectivity index (χ1v) is 6.30. The largest absolute Gasteiger partial charge is 0.399 e. The second kappa shape index (κ2) is 4.54. The van der Waals surface area contributed by atoms with Gasteiger partial charge in [0.15, 0.2) is 0 Å². The molecule has 1 aromatic rings. The van der Waals surface area contributed by atoms with E-state index in [9.17, 15) is 0 Å². The summed E-state index contributed by atoms with van der Waals surface area (Å²) in [7, 11) is 0. The molecule has 2 rings (SSSR count). The molecule has 0 aromatic heterocycles. The van der Waals surface area contributed by atoms with Gasteiger partial charge >= 0.3 is 0 Å². The van der Waals surface area contributed by atoms with E-state index in [0.29, 0.717) is 12.1 Å². The van der Waals surface area contributed by atoms with Crippen molar-refractivity contribution in [3.63, 3.8) is 0 Å². The van der Waals surface area contributed by atoms with E-state index in [0.717, 1.165) is 16.4 Å². The molecule has 1 fully saturated rings. The van der Waals surface area contributed by atoms with Crippen molar-refractivity contribution >= 4 is 23.0 Å². The number of benzene rings is 1. The number of rotatable bonds is 1. The highest BCUT2D eigenvalue weighted by Crippen LogP contribution is 2.34. The Labute approximate surface area is 102 Å². The lowest BCUT2D eigenvalue weighted by atomic mass is 9.96. The maximum Gasteiger partial charge on any atom is 0.0660 e. The van der Waals surface area contributed by atoms with Crippen molar-refractivity contribution in [3.05, 3.63) is 23.2 Å². The predicted molar refractivity (Wildman–Crippen MR) is 71.1 cm³/mol. The molecule has 1 aliphatic rings. The highest BCUT2D eigenvalue weighted by Gasteiger charge is 2.26. The smallest absolute Gasteiger partial charge is 0.0660 e. The second-order valence-electron chi connectivity index (χ2n) is 4.75. The van der Waals surface area contributed by atoms with Crippen molar-refractivity contribution in [1.82, 2.24) is 0 Å². The van der Waals surface area contributed by atoms with Gasteiger partial charge in [-0.2, -0.15) is 0 Å². The van der Waals surface area contributed by atoms with Crippen molar-refractivity contribution in [2.24, 2.45) is 0 Å². The normalized spacial score (nSPS) is 25.8. The van der Waals surface area contributed by atoms with Crippen LogP contribution in [0.5, 0.6) is 0 Å². The van der Waals surface area contributed by atoms with Gasteiger partial charge in [-0.25, -0.2) is 0 Å². The third-order valence-electron chi connectivity index (χ3n) is 3.44. The summed E-state index contributed by atoms with van der Waals surface area (Å²) in [5.74, 6) is 0. The van der Waals surface area contributed by atoms with E-state index in [4.69, 9.17) is 17.3 Å². The molecule has 0 aliphatic carbocycles. The SMILES string of the molecule is C[C@@H]1CCC[C@@H](C)N1c1ccc(N)cc1Cl. The Morgan fingerprint density at radius 3 is 2.44 bits per heavy atom. The first-order chi connectivity index (χ1) is 7.59. The fraction of sp³-hybridized carbons (Fsp3) is 0.538. The lowest BCUT2D eigenvalue weighted by Crippen LogP contribution is -2.43. The molecule has 1 aromatic carbocycles. The van der Waals surface area contributed by atoms with Gasteiger partial charge in [-0.15, -0.1) is 0 Å². The first-order valence-electron chi connectivity index (χ1n) is 5.93. The third kappa shape index (κ3) is 2.12. The Morgan fingerprint density at radius 1 is 1.25 bits per heavy atom. The molecule has 0 saturated carbocycles. The van der Waals surface area contributed by atoms with Crippen LogP contribution in [0.1, 0.15) is 33.1 Å². The van der Waals surface area contributed by atoms with Crippen LogP contribution in [0, 0.1) is 0 Å². The number of piperidine rings is 1. The molecule has 0 bridgehead atoms. The Hall–Kier alpha value is -0.890. The molecule has 16 heavy (non-hydrogen) atoms. The molecular weight excluding hydrogens is 220 g/mol. The minimum atomic E-state index is 0.560. The van der Waals surface area contributed by atoms with Gasteiger partial charge in [-0.05, 0) is 51.3 Å². The highest BCUT2D eigenvalue weighted by molar-refractivity contribution is 6.33. The van der Waals surface area contributed by atoms with Gasteiger partial charge in [0.05, 0.1) is 10.7 Å². The van der Waals surface area contributed by atoms with Crippen LogP contribution >= 0.6 is 11.6 Å². The van der Waals surface area contributed by atoms with Crippen LogP contribution in [0.3, 0.4) is 0 Å². The fourth-order valence-corrected chi connectivity index (χ4v) is 2.92. The minimum absolute atomic E-state index is 0.560. The second-order valence-corrected chi connectivity index (χ2v) is 5.15. The van der Waals surface area contributed by atoms with Crippen molar-refractivity contribution in [3.8, 4) is 0 Å². The Bertz CT molecular complexity index is 368. The van der Waals surface area contributed by atoms with E-state index in [2.05, 4.69) is 18.7 Å². The van der Waals surface area contributed by atoms with Crippen LogP contribution in [-0.4, -0.2) is 12.1 Å². The maximum absolute atomic E-state index is 6.27. The number of anilines is 2. The quantitative estimate of drug-likeness (QED) is 0.757. The standard InChI is InChI=1S/C13H19ClN2/c1-9-4-3-5-10(2)16(9)13-7-6-11(15)8-12(13)14/h6-10H,3-5,15H2,1-2H3/t9-,10-/m1/s1. The van der Waals surface area contributed by atoms with Gasteiger partial charge in [0.2, 0.25) is 0 Å². The molecule has 2 N–H and O–H groups in total. The summed E-state index contributed by atoms with van der Waals surface area (Å²) in [6, 6.07) is 6.92. The first kappa shape index (κ1) is 11.6.